The van der Waals surface area contributed by atoms with Gasteiger partial charge < -0.3 is 43.4 Å². The lowest BCUT2D eigenvalue weighted by molar-refractivity contribution is -0.156. The van der Waals surface area contributed by atoms with Crippen molar-refractivity contribution in [3.63, 3.8) is 0 Å². The third kappa shape index (κ3) is 19.5. The number of halogens is 10. The Labute approximate surface area is 459 Å². The van der Waals surface area contributed by atoms with Crippen molar-refractivity contribution >= 4 is 105 Å². The van der Waals surface area contributed by atoms with E-state index in [2.05, 4.69) is 16.8 Å². The van der Waals surface area contributed by atoms with Crippen molar-refractivity contribution in [1.82, 2.24) is 9.78 Å². The van der Waals surface area contributed by atoms with Gasteiger partial charge in [-0.05, 0) is 119 Å². The van der Waals surface area contributed by atoms with E-state index in [4.69, 9.17) is 120 Å². The molecule has 15 nitrogen and oxygen atoms in total. The fourth-order valence-electron chi connectivity index (χ4n) is 6.67. The molecule has 1 heterocycles. The van der Waals surface area contributed by atoms with E-state index in [-0.39, 0.29) is 73.7 Å². The average Bonchev–Trinajstić information content (AvgIpc) is 3.61. The summed E-state index contributed by atoms with van der Waals surface area (Å²) in [6.07, 6.45) is 4.66. The minimum Gasteiger partial charge on any atom is -0.494 e. The zero-order valence-corrected chi connectivity index (χ0v) is 45.6. The molecule has 3 atom stereocenters. The second-order valence-electron chi connectivity index (χ2n) is 15.4. The van der Waals surface area contributed by atoms with Crippen LogP contribution in [0.25, 0.3) is 11.3 Å². The maximum Gasteiger partial charge on any atom is 0.388 e. The van der Waals surface area contributed by atoms with Crippen LogP contribution in [-0.2, 0) is 30.9 Å². The maximum absolute atomic E-state index is 14.3. The molecule has 0 amide bonds. The predicted octanol–water partition coefficient (Wildman–Crippen LogP) is 14.2. The summed E-state index contributed by atoms with van der Waals surface area (Å²) in [6.45, 7) is 3.52. The van der Waals surface area contributed by atoms with Crippen molar-refractivity contribution in [3.8, 4) is 40.1 Å². The molecule has 6 rings (SSSR count). The number of carboxylic acids is 2. The van der Waals surface area contributed by atoms with Gasteiger partial charge in [-0.2, -0.15) is 13.9 Å². The number of esters is 2. The molecular formula is C49H50Cl7F3N2O13. The van der Waals surface area contributed by atoms with Gasteiger partial charge in [0.15, 0.2) is 25.1 Å². The Morgan fingerprint density at radius 2 is 1.36 bits per heavy atom. The summed E-state index contributed by atoms with van der Waals surface area (Å²) in [4.78, 5) is 44.5. The number of alkyl halides is 2. The highest BCUT2D eigenvalue weighted by molar-refractivity contribution is 6.37. The third-order valence-corrected chi connectivity index (χ3v) is 12.2. The number of aliphatic carboxylic acids is 1. The SMILES string of the molecule is CCC1CCCCC1OC(=O)COc1ccc(Cl)cc1Cl.CCOC(=O)COc1cc(-c2nn(C)c(OC(F)F)c2Cl)c(F)cc1Cl.COc1c(Cl)ccc(Cl)c1C(=O)O.Cc1cc(Cl)ccc1O[C@H](C)C(=O)O. The van der Waals surface area contributed by atoms with E-state index in [0.29, 0.717) is 32.5 Å². The van der Waals surface area contributed by atoms with Gasteiger partial charge in [-0.1, -0.05) is 94.6 Å². The van der Waals surface area contributed by atoms with Crippen LogP contribution in [0, 0.1) is 18.7 Å². The number of hydrogen-bond donors (Lipinski definition) is 2. The first kappa shape index (κ1) is 63.1. The average molecular weight is 1180 g/mol. The highest BCUT2D eigenvalue weighted by atomic mass is 35.5. The quantitative estimate of drug-likeness (QED) is 0.0836. The number of carboxylic acid groups (broad SMARTS) is 2. The Hall–Kier alpha value is -5.21. The topological polar surface area (TPSA) is 191 Å². The van der Waals surface area contributed by atoms with Gasteiger partial charge in [-0.3, -0.25) is 0 Å². The summed E-state index contributed by atoms with van der Waals surface area (Å²) in [5, 5.41) is 22.7. The first-order valence-electron chi connectivity index (χ1n) is 22.1. The number of aryl methyl sites for hydroxylation is 2. The second-order valence-corrected chi connectivity index (χ2v) is 18.3. The van der Waals surface area contributed by atoms with Crippen LogP contribution in [0.5, 0.6) is 28.9 Å². The van der Waals surface area contributed by atoms with Crippen LogP contribution >= 0.6 is 81.2 Å². The van der Waals surface area contributed by atoms with Crippen LogP contribution in [0.3, 0.4) is 0 Å². The van der Waals surface area contributed by atoms with Crippen LogP contribution in [-0.4, -0.2) is 89.6 Å². The summed E-state index contributed by atoms with van der Waals surface area (Å²) >= 11 is 40.8. The molecule has 0 bridgehead atoms. The zero-order valence-electron chi connectivity index (χ0n) is 40.3. The van der Waals surface area contributed by atoms with Gasteiger partial charge in [0, 0.05) is 22.7 Å². The van der Waals surface area contributed by atoms with Gasteiger partial charge in [0.05, 0.1) is 33.8 Å². The molecule has 74 heavy (non-hydrogen) atoms. The highest BCUT2D eigenvalue weighted by Crippen LogP contribution is 2.40. The predicted molar refractivity (Wildman–Crippen MR) is 275 cm³/mol. The molecule has 2 N–H and O–H groups in total. The summed E-state index contributed by atoms with van der Waals surface area (Å²) in [5.41, 5.74) is 0.389. The number of nitrogens with zero attached hydrogens (tertiary/aromatic N) is 2. The number of aromatic carboxylic acids is 1. The monoisotopic (exact) mass is 1180 g/mol. The Bertz CT molecular complexity index is 2720. The zero-order chi connectivity index (χ0) is 55.4. The fourth-order valence-corrected chi connectivity index (χ4v) is 8.34. The molecule has 404 valence electrons. The highest BCUT2D eigenvalue weighted by Gasteiger charge is 2.28. The number of ether oxygens (including phenoxy) is 7. The smallest absolute Gasteiger partial charge is 0.388 e. The first-order chi connectivity index (χ1) is 34.9. The standard InChI is InChI=1S/C16H20Cl2O3.C15H13Cl2F3N2O4.C10H11ClO3.C8H6Cl2O3/c1-2-11-5-3-4-6-14(11)21-16(19)10-20-15-8-7-12(17)9-13(15)18;1-3-24-11(23)6-25-10-4-7(9(18)5-8(10)16)13-12(17)14(22(2)21-13)26-15(19)20;1-6-5-8(11)3-4-9(6)14-7(2)10(12)13;1-13-7-5(10)3-2-4(9)6(7)8(11)12/h7-9,11,14H,2-6,10H2,1H3;4-5,15H,3,6H2,1-2H3;3-5,7H,1-2H3,(H,12,13);2-3H,1H3,(H,11,12)/t;;7-;/m..1./s1. The van der Waals surface area contributed by atoms with E-state index in [1.54, 1.807) is 43.3 Å². The van der Waals surface area contributed by atoms with Crippen LogP contribution < -0.4 is 23.7 Å². The first-order valence-corrected chi connectivity index (χ1v) is 24.7. The fraction of sp³-hybridized carbons (Fsp3) is 0.367. The van der Waals surface area contributed by atoms with E-state index in [1.807, 2.05) is 6.92 Å². The number of hydrogen-bond acceptors (Lipinski definition) is 12. The summed E-state index contributed by atoms with van der Waals surface area (Å²) in [5.74, 6) is -2.87. The van der Waals surface area contributed by atoms with Crippen molar-refractivity contribution in [2.45, 2.75) is 78.6 Å². The molecule has 0 saturated heterocycles. The number of carbonyl (C=O) groups is 4. The molecule has 1 fully saturated rings. The molecule has 4 aromatic carbocycles. The molecule has 2 unspecified atom stereocenters. The molecule has 1 aromatic heterocycles. The van der Waals surface area contributed by atoms with Crippen molar-refractivity contribution in [2.75, 3.05) is 26.9 Å². The molecule has 1 saturated carbocycles. The molecule has 0 radical (unpaired) electrons. The summed E-state index contributed by atoms with van der Waals surface area (Å²) in [6, 6.07) is 14.9. The lowest BCUT2D eigenvalue weighted by atomic mass is 9.85. The summed E-state index contributed by atoms with van der Waals surface area (Å²) in [7, 11) is 2.64. The van der Waals surface area contributed by atoms with Gasteiger partial charge in [-0.25, -0.2) is 28.3 Å². The Balaban J connectivity index is 0.000000271. The second kappa shape index (κ2) is 31.0. The van der Waals surface area contributed by atoms with Gasteiger partial charge >= 0.3 is 30.5 Å². The molecule has 5 aromatic rings. The molecule has 25 heteroatoms. The molecule has 0 aliphatic heterocycles. The summed E-state index contributed by atoms with van der Waals surface area (Å²) < 4.78 is 75.3. The molecule has 0 spiro atoms. The maximum atomic E-state index is 14.3. The van der Waals surface area contributed by atoms with Crippen LogP contribution in [0.2, 0.25) is 35.2 Å². The Kier molecular flexibility index (Phi) is 26.4. The minimum atomic E-state index is -3.13. The van der Waals surface area contributed by atoms with Gasteiger partial charge in [-0.15, -0.1) is 0 Å². The van der Waals surface area contributed by atoms with E-state index >= 15 is 0 Å². The van der Waals surface area contributed by atoms with Crippen LogP contribution in [0.4, 0.5) is 13.2 Å². The van der Waals surface area contributed by atoms with E-state index in [0.717, 1.165) is 48.1 Å². The number of benzene rings is 4. The number of carbonyl (C=O) groups excluding carboxylic acids is 2. The van der Waals surface area contributed by atoms with Gasteiger partial charge in [0.25, 0.3) is 0 Å². The van der Waals surface area contributed by atoms with Crippen molar-refractivity contribution < 1.29 is 75.7 Å². The molecule has 1 aliphatic rings. The molecular weight excluding hydrogens is 1130 g/mol. The van der Waals surface area contributed by atoms with Gasteiger partial charge in [0.2, 0.25) is 5.88 Å². The number of rotatable bonds is 17. The Morgan fingerprint density at radius 3 is 1.93 bits per heavy atom. The largest absolute Gasteiger partial charge is 0.494 e. The number of aromatic nitrogens is 2. The minimum absolute atomic E-state index is 0.0283. The lowest BCUT2D eigenvalue weighted by Crippen LogP contribution is -2.31. The molecule has 1 aliphatic carbocycles. The van der Waals surface area contributed by atoms with Crippen LogP contribution in [0.1, 0.15) is 68.8 Å². The normalized spacial score (nSPS) is 14.1. The van der Waals surface area contributed by atoms with E-state index < -0.39 is 48.9 Å². The third-order valence-electron chi connectivity index (χ3n) is 10.2. The van der Waals surface area contributed by atoms with Crippen molar-refractivity contribution in [1.29, 1.82) is 0 Å². The Morgan fingerprint density at radius 1 is 0.770 bits per heavy atom. The van der Waals surface area contributed by atoms with Gasteiger partial charge in [0.1, 0.15) is 45.4 Å². The van der Waals surface area contributed by atoms with E-state index in [9.17, 15) is 32.3 Å². The van der Waals surface area contributed by atoms with Crippen LogP contribution in [0.15, 0.2) is 60.7 Å². The van der Waals surface area contributed by atoms with E-state index in [1.165, 1.54) is 39.6 Å². The lowest BCUT2D eigenvalue weighted by Gasteiger charge is -2.30. The van der Waals surface area contributed by atoms with Crippen molar-refractivity contribution in [2.24, 2.45) is 13.0 Å². The van der Waals surface area contributed by atoms with Crippen molar-refractivity contribution in [3.05, 3.63) is 113 Å². The number of methoxy groups -OCH3 is 1.